The number of methoxy groups -OCH3 is 1. The number of rotatable bonds is 9. The summed E-state index contributed by atoms with van der Waals surface area (Å²) in [5, 5.41) is 9.78. The van der Waals surface area contributed by atoms with Crippen LogP contribution in [-0.2, 0) is 11.2 Å². The number of β-amino-alcohol motifs (C(OH)–C–C–N with tert-alkyl or cyclic N) is 1. The first-order valence-electron chi connectivity index (χ1n) is 12.8. The molecule has 0 radical (unpaired) electrons. The zero-order chi connectivity index (χ0) is 25.3. The van der Waals surface area contributed by atoms with E-state index < -0.39 is 11.4 Å². The molecule has 5 rings (SSSR count). The third-order valence-electron chi connectivity index (χ3n) is 7.79. The fourth-order valence-corrected chi connectivity index (χ4v) is 5.60. The van der Waals surface area contributed by atoms with Gasteiger partial charge >= 0.3 is 0 Å². The van der Waals surface area contributed by atoms with Crippen LogP contribution in [0.15, 0.2) is 30.6 Å². The van der Waals surface area contributed by atoms with Gasteiger partial charge in [-0.15, -0.1) is 0 Å². The third kappa shape index (κ3) is 5.72. The molecule has 2 atom stereocenters. The first-order valence-corrected chi connectivity index (χ1v) is 12.8. The van der Waals surface area contributed by atoms with Crippen LogP contribution in [0.25, 0.3) is 0 Å². The molecule has 1 amide bonds. The van der Waals surface area contributed by atoms with Crippen LogP contribution in [0.5, 0.6) is 11.5 Å². The normalized spacial score (nSPS) is 23.2. The molecular weight excluding hydrogens is 463 g/mol. The Labute approximate surface area is 211 Å². The molecule has 8 nitrogen and oxygen atoms in total. The van der Waals surface area contributed by atoms with Crippen molar-refractivity contribution in [1.82, 2.24) is 14.9 Å². The van der Waals surface area contributed by atoms with E-state index in [0.29, 0.717) is 42.7 Å². The number of aliphatic hydroxyl groups is 1. The number of piperidine rings is 1. The van der Waals surface area contributed by atoms with Crippen molar-refractivity contribution in [3.63, 3.8) is 0 Å². The van der Waals surface area contributed by atoms with Crippen LogP contribution >= 0.6 is 0 Å². The minimum absolute atomic E-state index is 0.00461. The van der Waals surface area contributed by atoms with Crippen LogP contribution < -0.4 is 14.4 Å². The van der Waals surface area contributed by atoms with E-state index in [-0.39, 0.29) is 12.3 Å². The van der Waals surface area contributed by atoms with E-state index >= 15 is 0 Å². The van der Waals surface area contributed by atoms with Gasteiger partial charge in [0.25, 0.3) is 0 Å². The Morgan fingerprint density at radius 2 is 1.92 bits per heavy atom. The Hall–Kier alpha value is -2.94. The molecule has 3 aliphatic rings. The molecule has 1 aromatic heterocycles. The average Bonchev–Trinajstić information content (AvgIpc) is 3.64. The second kappa shape index (κ2) is 10.2. The first kappa shape index (κ1) is 24.7. The van der Waals surface area contributed by atoms with Gasteiger partial charge < -0.3 is 24.4 Å². The number of carbonyl (C=O) groups excluding carboxylic acids is 1. The minimum Gasteiger partial charge on any atom is -0.494 e. The van der Waals surface area contributed by atoms with E-state index in [1.165, 1.54) is 12.5 Å². The maximum absolute atomic E-state index is 14.5. The molecule has 0 spiro atoms. The number of nitrogens with zero attached hydrogens (tertiary/aromatic N) is 4. The Kier molecular flexibility index (Phi) is 7.01. The van der Waals surface area contributed by atoms with Crippen molar-refractivity contribution in [1.29, 1.82) is 0 Å². The van der Waals surface area contributed by atoms with Crippen LogP contribution in [0.2, 0.25) is 0 Å². The van der Waals surface area contributed by atoms with E-state index in [1.807, 2.05) is 0 Å². The van der Waals surface area contributed by atoms with Gasteiger partial charge in [-0.1, -0.05) is 6.07 Å². The lowest BCUT2D eigenvalue weighted by atomic mass is 9.90. The maximum atomic E-state index is 14.5. The van der Waals surface area contributed by atoms with Crippen molar-refractivity contribution in [3.05, 3.63) is 42.0 Å². The molecule has 3 fully saturated rings. The van der Waals surface area contributed by atoms with Gasteiger partial charge in [0.2, 0.25) is 11.9 Å². The summed E-state index contributed by atoms with van der Waals surface area (Å²) < 4.78 is 25.5. The summed E-state index contributed by atoms with van der Waals surface area (Å²) in [5.74, 6) is 3.50. The van der Waals surface area contributed by atoms with Crippen molar-refractivity contribution in [3.8, 4) is 11.5 Å². The van der Waals surface area contributed by atoms with Crippen LogP contribution in [0.4, 0.5) is 10.3 Å². The van der Waals surface area contributed by atoms with E-state index in [9.17, 15) is 14.3 Å². The van der Waals surface area contributed by atoms with Crippen molar-refractivity contribution < 1.29 is 23.8 Å². The lowest BCUT2D eigenvalue weighted by molar-refractivity contribution is -0.151. The van der Waals surface area contributed by atoms with E-state index in [1.54, 1.807) is 43.5 Å². The number of benzene rings is 1. The number of hydrogen-bond acceptors (Lipinski definition) is 7. The van der Waals surface area contributed by atoms with E-state index in [2.05, 4.69) is 14.9 Å². The lowest BCUT2D eigenvalue weighted by Gasteiger charge is -2.44. The highest BCUT2D eigenvalue weighted by molar-refractivity contribution is 5.80. The number of aromatic nitrogens is 2. The van der Waals surface area contributed by atoms with Gasteiger partial charge in [-0.25, -0.2) is 14.4 Å². The maximum Gasteiger partial charge on any atom is 0.227 e. The number of carbonyl (C=O) groups is 1. The fourth-order valence-electron chi connectivity index (χ4n) is 5.60. The first-order chi connectivity index (χ1) is 17.3. The quantitative estimate of drug-likeness (QED) is 0.569. The number of amides is 1. The van der Waals surface area contributed by atoms with Gasteiger partial charge in [0.15, 0.2) is 5.75 Å². The predicted molar refractivity (Wildman–Crippen MR) is 133 cm³/mol. The Balaban J connectivity index is 1.01. The van der Waals surface area contributed by atoms with E-state index in [0.717, 1.165) is 50.1 Å². The summed E-state index contributed by atoms with van der Waals surface area (Å²) in [6.45, 7) is 4.81. The molecule has 2 aliphatic heterocycles. The summed E-state index contributed by atoms with van der Waals surface area (Å²) in [7, 11) is 1.61. The minimum atomic E-state index is -0.823. The lowest BCUT2D eigenvalue weighted by Crippen LogP contribution is -2.62. The number of anilines is 1. The molecule has 0 bridgehead atoms. The van der Waals surface area contributed by atoms with Gasteiger partial charge in [0.05, 0.1) is 51.2 Å². The zero-order valence-corrected chi connectivity index (χ0v) is 21.0. The fraction of sp³-hybridized carbons (Fsp3) is 0.593. The van der Waals surface area contributed by atoms with Gasteiger partial charge in [-0.3, -0.25) is 4.79 Å². The Morgan fingerprint density at radius 3 is 2.56 bits per heavy atom. The molecule has 1 N–H and O–H groups in total. The number of likely N-dealkylation sites (tertiary alicyclic amines) is 1. The molecule has 2 saturated heterocycles. The summed E-state index contributed by atoms with van der Waals surface area (Å²) in [6, 6.07) is 4.73. The largest absolute Gasteiger partial charge is 0.494 e. The zero-order valence-electron chi connectivity index (χ0n) is 21.0. The predicted octanol–water partition coefficient (Wildman–Crippen LogP) is 3.08. The van der Waals surface area contributed by atoms with E-state index in [4.69, 9.17) is 9.47 Å². The second-order valence-electron chi connectivity index (χ2n) is 10.7. The number of hydrogen-bond donors (Lipinski definition) is 1. The van der Waals surface area contributed by atoms with Crippen molar-refractivity contribution in [2.24, 2.45) is 17.8 Å². The number of ether oxygens (including phenoxy) is 2. The SMILES string of the molecule is COc1cnc(N2CCC([C@H]3C[C@H]3CCOc3ccc(CC(=O)N4CC(C)(O)C4)c(F)c3)CC2)nc1. The van der Waals surface area contributed by atoms with Gasteiger partial charge in [-0.05, 0) is 62.0 Å². The second-order valence-corrected chi connectivity index (χ2v) is 10.7. The van der Waals surface area contributed by atoms with Crippen molar-refractivity contribution in [2.45, 2.75) is 44.6 Å². The highest BCUT2D eigenvalue weighted by Gasteiger charge is 2.43. The van der Waals surface area contributed by atoms with Crippen LogP contribution in [-0.4, -0.2) is 71.4 Å². The highest BCUT2D eigenvalue weighted by Crippen LogP contribution is 2.49. The Bertz CT molecular complexity index is 1060. The average molecular weight is 499 g/mol. The Morgan fingerprint density at radius 1 is 1.19 bits per heavy atom. The molecule has 1 saturated carbocycles. The molecule has 36 heavy (non-hydrogen) atoms. The topological polar surface area (TPSA) is 88.0 Å². The summed E-state index contributed by atoms with van der Waals surface area (Å²) in [6.07, 6.45) is 7.94. The summed E-state index contributed by atoms with van der Waals surface area (Å²) in [4.78, 5) is 24.9. The van der Waals surface area contributed by atoms with Crippen LogP contribution in [0.1, 0.15) is 38.2 Å². The molecule has 194 valence electrons. The highest BCUT2D eigenvalue weighted by atomic mass is 19.1. The smallest absolute Gasteiger partial charge is 0.227 e. The third-order valence-corrected chi connectivity index (χ3v) is 7.79. The van der Waals surface area contributed by atoms with Crippen molar-refractivity contribution in [2.75, 3.05) is 44.8 Å². The van der Waals surface area contributed by atoms with Gasteiger partial charge in [0.1, 0.15) is 11.6 Å². The monoisotopic (exact) mass is 498 g/mol. The molecule has 0 unspecified atom stereocenters. The molecule has 1 aliphatic carbocycles. The molecular formula is C27H35FN4O4. The summed E-state index contributed by atoms with van der Waals surface area (Å²) in [5.41, 5.74) is -0.469. The van der Waals surface area contributed by atoms with Crippen LogP contribution in [0.3, 0.4) is 0 Å². The van der Waals surface area contributed by atoms with Gasteiger partial charge in [0, 0.05) is 19.2 Å². The molecule has 3 heterocycles. The summed E-state index contributed by atoms with van der Waals surface area (Å²) >= 11 is 0. The molecule has 1 aromatic carbocycles. The molecule has 9 heteroatoms. The standard InChI is InChI=1S/C27H35FN4O4/c1-27(34)16-32(17-27)25(33)12-20-3-4-21(13-24(20)28)36-10-7-19-11-23(19)18-5-8-31(9-6-18)26-29-14-22(35-2)15-30-26/h3-4,13-15,18-19,23,34H,5-12,16-17H2,1-2H3/t19-,23-/m1/s1. The number of halogens is 1. The van der Waals surface area contributed by atoms with Crippen molar-refractivity contribution >= 4 is 11.9 Å². The van der Waals surface area contributed by atoms with Crippen LogP contribution in [0, 0.1) is 23.6 Å². The van der Waals surface area contributed by atoms with Gasteiger partial charge in [-0.2, -0.15) is 0 Å². The molecule has 2 aromatic rings.